The number of nitrogens with one attached hydrogen (secondary N) is 1. The highest BCUT2D eigenvalue weighted by Crippen LogP contribution is 2.11. The maximum atomic E-state index is 4.90. The Kier molecular flexibility index (Phi) is 10.2. The van der Waals surface area contributed by atoms with E-state index in [4.69, 9.17) is 4.99 Å². The zero-order chi connectivity index (χ0) is 19.6. The summed E-state index contributed by atoms with van der Waals surface area (Å²) in [5.41, 5.74) is 1.25. The van der Waals surface area contributed by atoms with Crippen LogP contribution in [0, 0.1) is 0 Å². The van der Waals surface area contributed by atoms with E-state index in [1.54, 1.807) is 0 Å². The van der Waals surface area contributed by atoms with Gasteiger partial charge >= 0.3 is 0 Å². The van der Waals surface area contributed by atoms with Gasteiger partial charge in [-0.2, -0.15) is 0 Å². The van der Waals surface area contributed by atoms with Crippen molar-refractivity contribution in [1.82, 2.24) is 25.0 Å². The molecule has 1 aliphatic heterocycles. The predicted molar refractivity (Wildman–Crippen MR) is 130 cm³/mol. The van der Waals surface area contributed by atoms with Crippen LogP contribution in [0.4, 0.5) is 5.69 Å². The van der Waals surface area contributed by atoms with E-state index in [-0.39, 0.29) is 24.0 Å². The second-order valence-corrected chi connectivity index (χ2v) is 7.23. The summed E-state index contributed by atoms with van der Waals surface area (Å²) >= 11 is 0. The molecule has 0 amide bonds. The summed E-state index contributed by atoms with van der Waals surface area (Å²) in [5.74, 6) is 2.08. The van der Waals surface area contributed by atoms with Crippen molar-refractivity contribution < 1.29 is 0 Å². The molecular weight excluding hydrogens is 477 g/mol. The van der Waals surface area contributed by atoms with E-state index in [0.717, 1.165) is 63.9 Å². The SMILES string of the molecule is CCc1nncn1CCNC(=NCCCN(C)c1ccccc1)N1CCCC1.I. The van der Waals surface area contributed by atoms with Crippen molar-refractivity contribution in [2.24, 2.45) is 4.99 Å². The Morgan fingerprint density at radius 3 is 2.69 bits per heavy atom. The maximum absolute atomic E-state index is 4.90. The van der Waals surface area contributed by atoms with Gasteiger partial charge in [-0.15, -0.1) is 34.2 Å². The number of nitrogens with zero attached hydrogens (tertiary/aromatic N) is 6. The summed E-state index contributed by atoms with van der Waals surface area (Å²) < 4.78 is 2.11. The van der Waals surface area contributed by atoms with Crippen LogP contribution in [-0.4, -0.2) is 65.4 Å². The number of anilines is 1. The van der Waals surface area contributed by atoms with E-state index in [1.807, 2.05) is 6.33 Å². The molecule has 0 atom stereocenters. The zero-order valence-electron chi connectivity index (χ0n) is 17.6. The highest BCUT2D eigenvalue weighted by atomic mass is 127. The number of aryl methyl sites for hydroxylation is 1. The molecule has 1 aromatic heterocycles. The number of aromatic nitrogens is 3. The molecule has 29 heavy (non-hydrogen) atoms. The van der Waals surface area contributed by atoms with Gasteiger partial charge in [-0.3, -0.25) is 4.99 Å². The van der Waals surface area contributed by atoms with Crippen LogP contribution < -0.4 is 10.2 Å². The fourth-order valence-electron chi connectivity index (χ4n) is 3.53. The van der Waals surface area contributed by atoms with Crippen molar-refractivity contribution in [3.63, 3.8) is 0 Å². The normalized spacial score (nSPS) is 14.0. The molecule has 0 aliphatic carbocycles. The Bertz CT molecular complexity index is 726. The van der Waals surface area contributed by atoms with Gasteiger partial charge in [0.25, 0.3) is 0 Å². The molecule has 0 saturated carbocycles. The lowest BCUT2D eigenvalue weighted by molar-refractivity contribution is 0.485. The lowest BCUT2D eigenvalue weighted by Gasteiger charge is -2.22. The van der Waals surface area contributed by atoms with E-state index in [1.165, 1.54) is 18.5 Å². The van der Waals surface area contributed by atoms with Crippen LogP contribution in [0.25, 0.3) is 0 Å². The lowest BCUT2D eigenvalue weighted by atomic mass is 10.3. The molecular formula is C21H34IN7. The monoisotopic (exact) mass is 511 g/mol. The Labute approximate surface area is 191 Å². The van der Waals surface area contributed by atoms with E-state index >= 15 is 0 Å². The summed E-state index contributed by atoms with van der Waals surface area (Å²) in [7, 11) is 2.14. The third-order valence-electron chi connectivity index (χ3n) is 5.16. The highest BCUT2D eigenvalue weighted by molar-refractivity contribution is 14.0. The molecule has 0 radical (unpaired) electrons. The van der Waals surface area contributed by atoms with Gasteiger partial charge in [0.05, 0.1) is 0 Å². The van der Waals surface area contributed by atoms with Gasteiger partial charge in [0, 0.05) is 58.4 Å². The van der Waals surface area contributed by atoms with Crippen LogP contribution in [0.2, 0.25) is 0 Å². The van der Waals surface area contributed by atoms with Crippen LogP contribution in [0.1, 0.15) is 32.0 Å². The van der Waals surface area contributed by atoms with Gasteiger partial charge < -0.3 is 19.7 Å². The minimum Gasteiger partial charge on any atom is -0.375 e. The first kappa shape index (κ1) is 23.4. The van der Waals surface area contributed by atoms with Crippen LogP contribution in [0.5, 0.6) is 0 Å². The van der Waals surface area contributed by atoms with E-state index in [2.05, 4.69) is 74.2 Å². The number of halogens is 1. The topological polar surface area (TPSA) is 61.6 Å². The third kappa shape index (κ3) is 7.17. The number of guanidine groups is 1. The predicted octanol–water partition coefficient (Wildman–Crippen LogP) is 3.03. The van der Waals surface area contributed by atoms with Crippen LogP contribution >= 0.6 is 24.0 Å². The standard InChI is InChI=1S/C21H33N7.HI/c1-3-20-25-24-18-28(20)17-13-23-21(27-15-7-8-16-27)22-12-9-14-26(2)19-10-5-4-6-11-19;/h4-6,10-11,18H,3,7-9,12-17H2,1-2H3,(H,22,23);1H. The summed E-state index contributed by atoms with van der Waals surface area (Å²) in [6.07, 6.45) is 6.26. The summed E-state index contributed by atoms with van der Waals surface area (Å²) in [5, 5.41) is 11.7. The number of rotatable bonds is 9. The minimum absolute atomic E-state index is 0. The average molecular weight is 511 g/mol. The molecule has 0 spiro atoms. The fourth-order valence-corrected chi connectivity index (χ4v) is 3.53. The van der Waals surface area contributed by atoms with Gasteiger partial charge in [0.2, 0.25) is 0 Å². The fraction of sp³-hybridized carbons (Fsp3) is 0.571. The number of benzene rings is 1. The van der Waals surface area contributed by atoms with Gasteiger partial charge in [-0.25, -0.2) is 0 Å². The Morgan fingerprint density at radius 1 is 1.21 bits per heavy atom. The van der Waals surface area contributed by atoms with Crippen molar-refractivity contribution in [3.8, 4) is 0 Å². The number of para-hydroxylation sites is 1. The quantitative estimate of drug-likeness (QED) is 0.243. The lowest BCUT2D eigenvalue weighted by Crippen LogP contribution is -2.41. The second-order valence-electron chi connectivity index (χ2n) is 7.23. The molecule has 2 aromatic rings. The molecule has 0 unspecified atom stereocenters. The van der Waals surface area contributed by atoms with Gasteiger partial charge in [-0.1, -0.05) is 25.1 Å². The van der Waals surface area contributed by atoms with E-state index in [0.29, 0.717) is 0 Å². The van der Waals surface area contributed by atoms with Crippen molar-refractivity contribution in [1.29, 1.82) is 0 Å². The highest BCUT2D eigenvalue weighted by Gasteiger charge is 2.16. The third-order valence-corrected chi connectivity index (χ3v) is 5.16. The van der Waals surface area contributed by atoms with Gasteiger partial charge in [0.15, 0.2) is 5.96 Å². The largest absolute Gasteiger partial charge is 0.375 e. The number of hydrogen-bond acceptors (Lipinski definition) is 4. The molecule has 160 valence electrons. The Morgan fingerprint density at radius 2 is 1.97 bits per heavy atom. The molecule has 7 nitrogen and oxygen atoms in total. The van der Waals surface area contributed by atoms with Crippen LogP contribution in [-0.2, 0) is 13.0 Å². The summed E-state index contributed by atoms with van der Waals surface area (Å²) in [4.78, 5) is 9.57. The van der Waals surface area contributed by atoms with Crippen molar-refractivity contribution in [2.75, 3.05) is 44.7 Å². The molecule has 1 saturated heterocycles. The first-order valence-electron chi connectivity index (χ1n) is 10.4. The van der Waals surface area contributed by atoms with Crippen molar-refractivity contribution in [3.05, 3.63) is 42.5 Å². The second kappa shape index (κ2) is 12.7. The average Bonchev–Trinajstić information content (AvgIpc) is 3.42. The maximum Gasteiger partial charge on any atom is 0.193 e. The first-order valence-corrected chi connectivity index (χ1v) is 10.4. The molecule has 2 heterocycles. The van der Waals surface area contributed by atoms with Gasteiger partial charge in [0.1, 0.15) is 12.2 Å². The number of hydrogen-bond donors (Lipinski definition) is 1. The minimum atomic E-state index is 0. The zero-order valence-corrected chi connectivity index (χ0v) is 20.0. The summed E-state index contributed by atoms with van der Waals surface area (Å²) in [6.45, 7) is 7.84. The molecule has 8 heteroatoms. The molecule has 1 N–H and O–H groups in total. The number of likely N-dealkylation sites (tertiary alicyclic amines) is 1. The molecule has 1 aliphatic rings. The van der Waals surface area contributed by atoms with Crippen LogP contribution in [0.3, 0.4) is 0 Å². The Balaban J connectivity index is 0.00000300. The van der Waals surface area contributed by atoms with E-state index < -0.39 is 0 Å². The molecule has 1 fully saturated rings. The smallest absolute Gasteiger partial charge is 0.193 e. The first-order chi connectivity index (χ1) is 13.8. The molecule has 1 aromatic carbocycles. The van der Waals surface area contributed by atoms with Crippen molar-refractivity contribution >= 4 is 35.6 Å². The Hall–Kier alpha value is -1.84. The van der Waals surface area contributed by atoms with E-state index in [9.17, 15) is 0 Å². The van der Waals surface area contributed by atoms with Gasteiger partial charge in [-0.05, 0) is 31.4 Å². The summed E-state index contributed by atoms with van der Waals surface area (Å²) in [6, 6.07) is 10.5. The van der Waals surface area contributed by atoms with Crippen LogP contribution in [0.15, 0.2) is 41.7 Å². The molecule has 0 bridgehead atoms. The van der Waals surface area contributed by atoms with Crippen molar-refractivity contribution in [2.45, 2.75) is 39.2 Å². The number of aliphatic imine (C=N–C) groups is 1. The molecule has 3 rings (SSSR count).